The number of nitrogens with two attached hydrogens (primary N) is 2. The van der Waals surface area contributed by atoms with Gasteiger partial charge in [-0.25, -0.2) is 4.79 Å². The topological polar surface area (TPSA) is 127 Å². The Morgan fingerprint density at radius 2 is 1.68 bits per heavy atom. The van der Waals surface area contributed by atoms with E-state index in [-0.39, 0.29) is 6.04 Å². The van der Waals surface area contributed by atoms with Crippen molar-refractivity contribution in [3.63, 3.8) is 0 Å². The van der Waals surface area contributed by atoms with Crippen LogP contribution in [0.15, 0.2) is 30.3 Å². The number of nitrogens with one attached hydrogen (secondary N) is 2. The van der Waals surface area contributed by atoms with E-state index in [0.717, 1.165) is 6.42 Å². The highest BCUT2D eigenvalue weighted by Gasteiger charge is 2.42. The number of amides is 4. The normalized spacial score (nSPS) is 21.0. The molecule has 0 spiro atoms. The molecule has 1 saturated carbocycles. The quantitative estimate of drug-likeness (QED) is 0.544. The van der Waals surface area contributed by atoms with E-state index in [4.69, 9.17) is 11.5 Å². The predicted molar refractivity (Wildman–Crippen MR) is 80.6 cm³/mol. The average Bonchev–Trinajstić information content (AvgIpc) is 3.25. The molecule has 1 aromatic rings. The zero-order chi connectivity index (χ0) is 16.3. The first-order chi connectivity index (χ1) is 10.4. The van der Waals surface area contributed by atoms with Gasteiger partial charge in [0.05, 0.1) is 0 Å². The highest BCUT2D eigenvalue weighted by molar-refractivity contribution is 6.05. The lowest BCUT2D eigenvalue weighted by atomic mass is 10.1. The third kappa shape index (κ3) is 3.75. The minimum absolute atomic E-state index is 0.0911. The average molecular weight is 304 g/mol. The van der Waals surface area contributed by atoms with Gasteiger partial charge in [0.1, 0.15) is 0 Å². The summed E-state index contributed by atoms with van der Waals surface area (Å²) >= 11 is 0. The molecule has 118 valence electrons. The SMILES string of the molecule is C[C@H](NC(=O)NC(C(N)=O)C(N)=O)[C@@H]1C[C@@H]1c1ccccc1. The molecule has 0 bridgehead atoms. The van der Waals surface area contributed by atoms with Crippen LogP contribution in [0.1, 0.15) is 24.8 Å². The van der Waals surface area contributed by atoms with Crippen LogP contribution in [0.2, 0.25) is 0 Å². The summed E-state index contributed by atoms with van der Waals surface area (Å²) in [5, 5.41) is 4.90. The largest absolute Gasteiger partial charge is 0.367 e. The van der Waals surface area contributed by atoms with Crippen molar-refractivity contribution in [1.29, 1.82) is 0 Å². The Labute approximate surface area is 128 Å². The first-order valence-corrected chi connectivity index (χ1v) is 7.10. The molecule has 0 radical (unpaired) electrons. The van der Waals surface area contributed by atoms with E-state index in [1.54, 1.807) is 0 Å². The Hall–Kier alpha value is -2.57. The second-order valence-electron chi connectivity index (χ2n) is 5.56. The lowest BCUT2D eigenvalue weighted by Gasteiger charge is -2.17. The minimum atomic E-state index is -1.50. The molecule has 1 fully saturated rings. The van der Waals surface area contributed by atoms with Crippen molar-refractivity contribution >= 4 is 17.8 Å². The van der Waals surface area contributed by atoms with Gasteiger partial charge in [-0.1, -0.05) is 30.3 Å². The second kappa shape index (κ2) is 6.46. The summed E-state index contributed by atoms with van der Waals surface area (Å²) in [4.78, 5) is 33.9. The van der Waals surface area contributed by atoms with Crippen LogP contribution in [0.3, 0.4) is 0 Å². The summed E-state index contributed by atoms with van der Waals surface area (Å²) in [6.07, 6.45) is 0.987. The highest BCUT2D eigenvalue weighted by atomic mass is 16.2. The predicted octanol–water partition coefficient (Wildman–Crippen LogP) is -0.183. The van der Waals surface area contributed by atoms with E-state index in [1.807, 2.05) is 25.1 Å². The molecule has 0 aromatic heterocycles. The van der Waals surface area contributed by atoms with Gasteiger partial charge in [0, 0.05) is 6.04 Å². The maximum Gasteiger partial charge on any atom is 0.316 e. The second-order valence-corrected chi connectivity index (χ2v) is 5.56. The maximum absolute atomic E-state index is 11.8. The Morgan fingerprint density at radius 3 is 2.23 bits per heavy atom. The van der Waals surface area contributed by atoms with Crippen molar-refractivity contribution in [2.45, 2.75) is 31.3 Å². The molecule has 1 aliphatic carbocycles. The van der Waals surface area contributed by atoms with Gasteiger partial charge in [0.2, 0.25) is 11.8 Å². The zero-order valence-electron chi connectivity index (χ0n) is 12.3. The summed E-state index contributed by atoms with van der Waals surface area (Å²) in [6.45, 7) is 1.89. The van der Waals surface area contributed by atoms with E-state index < -0.39 is 23.9 Å². The molecule has 0 aliphatic heterocycles. The van der Waals surface area contributed by atoms with Crippen LogP contribution in [0.5, 0.6) is 0 Å². The fourth-order valence-electron chi connectivity index (χ4n) is 2.62. The van der Waals surface area contributed by atoms with Gasteiger partial charge in [0.25, 0.3) is 0 Å². The standard InChI is InChI=1S/C15H20N4O3/c1-8(10-7-11(10)9-5-3-2-4-6-9)18-15(22)19-12(13(16)20)14(17)21/h2-6,8,10-12H,7H2,1H3,(H2,16,20)(H2,17,21)(H2,18,19,22)/t8-,10-,11+/m0/s1. The summed E-state index contributed by atoms with van der Waals surface area (Å²) in [6, 6.07) is 7.84. The molecule has 1 aliphatic rings. The molecule has 3 atom stereocenters. The van der Waals surface area contributed by atoms with Gasteiger partial charge in [-0.05, 0) is 30.7 Å². The smallest absolute Gasteiger partial charge is 0.316 e. The van der Waals surface area contributed by atoms with E-state index >= 15 is 0 Å². The van der Waals surface area contributed by atoms with E-state index in [2.05, 4.69) is 22.8 Å². The summed E-state index contributed by atoms with van der Waals surface area (Å²) < 4.78 is 0. The van der Waals surface area contributed by atoms with Gasteiger partial charge in [-0.15, -0.1) is 0 Å². The fourth-order valence-corrected chi connectivity index (χ4v) is 2.62. The Kier molecular flexibility index (Phi) is 4.65. The molecule has 6 N–H and O–H groups in total. The lowest BCUT2D eigenvalue weighted by molar-refractivity contribution is -0.128. The first-order valence-electron chi connectivity index (χ1n) is 7.10. The lowest BCUT2D eigenvalue weighted by Crippen LogP contribution is -2.56. The molecule has 4 amide bonds. The molecule has 0 saturated heterocycles. The number of urea groups is 1. The molecule has 0 unspecified atom stereocenters. The molecular formula is C15H20N4O3. The molecule has 7 heteroatoms. The minimum Gasteiger partial charge on any atom is -0.367 e. The summed E-state index contributed by atoms with van der Waals surface area (Å²) in [5.74, 6) is -1.22. The Balaban J connectivity index is 1.85. The zero-order valence-corrected chi connectivity index (χ0v) is 12.3. The maximum atomic E-state index is 11.8. The third-order valence-electron chi connectivity index (χ3n) is 3.91. The molecule has 2 rings (SSSR count). The molecule has 7 nitrogen and oxygen atoms in total. The van der Waals surface area contributed by atoms with E-state index in [1.165, 1.54) is 5.56 Å². The van der Waals surface area contributed by atoms with Gasteiger partial charge in [0.15, 0.2) is 6.04 Å². The van der Waals surface area contributed by atoms with Gasteiger partial charge < -0.3 is 22.1 Å². The Bertz CT molecular complexity index is 561. The van der Waals surface area contributed by atoms with Crippen LogP contribution >= 0.6 is 0 Å². The monoisotopic (exact) mass is 304 g/mol. The van der Waals surface area contributed by atoms with Crippen LogP contribution in [-0.2, 0) is 9.59 Å². The number of carbonyl (C=O) groups excluding carboxylic acids is 3. The van der Waals surface area contributed by atoms with Crippen molar-refractivity contribution < 1.29 is 14.4 Å². The summed E-state index contributed by atoms with van der Waals surface area (Å²) in [5.41, 5.74) is 11.3. The van der Waals surface area contributed by atoms with Crippen LogP contribution in [-0.4, -0.2) is 29.9 Å². The number of primary amides is 2. The molecule has 1 aromatic carbocycles. The highest BCUT2D eigenvalue weighted by Crippen LogP contribution is 2.49. The number of rotatable bonds is 6. The fraction of sp³-hybridized carbons (Fsp3) is 0.400. The van der Waals surface area contributed by atoms with Crippen molar-refractivity contribution in [1.82, 2.24) is 10.6 Å². The summed E-state index contributed by atoms with van der Waals surface area (Å²) in [7, 11) is 0. The van der Waals surface area contributed by atoms with E-state index in [9.17, 15) is 14.4 Å². The number of benzene rings is 1. The number of hydrogen-bond donors (Lipinski definition) is 4. The Morgan fingerprint density at radius 1 is 1.09 bits per heavy atom. The third-order valence-corrected chi connectivity index (χ3v) is 3.91. The molecule has 22 heavy (non-hydrogen) atoms. The van der Waals surface area contributed by atoms with Crippen LogP contribution in [0.25, 0.3) is 0 Å². The molecule has 0 heterocycles. The van der Waals surface area contributed by atoms with Crippen molar-refractivity contribution in [2.24, 2.45) is 17.4 Å². The van der Waals surface area contributed by atoms with Gasteiger partial charge in [-0.2, -0.15) is 0 Å². The van der Waals surface area contributed by atoms with Crippen LogP contribution in [0, 0.1) is 5.92 Å². The number of hydrogen-bond acceptors (Lipinski definition) is 3. The first kappa shape index (κ1) is 15.8. The van der Waals surface area contributed by atoms with Gasteiger partial charge >= 0.3 is 6.03 Å². The van der Waals surface area contributed by atoms with Crippen LogP contribution in [0.4, 0.5) is 4.79 Å². The number of carbonyl (C=O) groups is 3. The molecular weight excluding hydrogens is 284 g/mol. The van der Waals surface area contributed by atoms with Gasteiger partial charge in [-0.3, -0.25) is 9.59 Å². The van der Waals surface area contributed by atoms with Crippen molar-refractivity contribution in [3.8, 4) is 0 Å². The van der Waals surface area contributed by atoms with Crippen molar-refractivity contribution in [3.05, 3.63) is 35.9 Å². The van der Waals surface area contributed by atoms with Crippen LogP contribution < -0.4 is 22.1 Å². The van der Waals surface area contributed by atoms with Crippen molar-refractivity contribution in [2.75, 3.05) is 0 Å². The van der Waals surface area contributed by atoms with E-state index in [0.29, 0.717) is 11.8 Å².